The molecule has 18 heavy (non-hydrogen) atoms. The number of carbonyl (C=O) groups excluding carboxylic acids is 1. The molecule has 0 aromatic rings. The van der Waals surface area contributed by atoms with Gasteiger partial charge in [0.25, 0.3) is 0 Å². The SMILES string of the molecule is C=C(OC)C(C)(C)CC(C)(CC)C(=O)OCCO. The highest BCUT2D eigenvalue weighted by Crippen LogP contribution is 2.41. The molecule has 0 aliphatic rings. The molecule has 0 aromatic carbocycles. The molecule has 4 nitrogen and oxygen atoms in total. The Balaban J connectivity index is 4.85. The maximum Gasteiger partial charge on any atom is 0.311 e. The summed E-state index contributed by atoms with van der Waals surface area (Å²) in [6.07, 6.45) is 1.26. The van der Waals surface area contributed by atoms with Crippen LogP contribution in [0.5, 0.6) is 0 Å². The highest BCUT2D eigenvalue weighted by molar-refractivity contribution is 5.76. The largest absolute Gasteiger partial charge is 0.501 e. The summed E-state index contributed by atoms with van der Waals surface area (Å²) in [7, 11) is 1.58. The van der Waals surface area contributed by atoms with Crippen LogP contribution in [0.15, 0.2) is 12.3 Å². The van der Waals surface area contributed by atoms with E-state index >= 15 is 0 Å². The van der Waals surface area contributed by atoms with Crippen LogP contribution in [0, 0.1) is 10.8 Å². The number of rotatable bonds is 8. The van der Waals surface area contributed by atoms with Crippen LogP contribution in [-0.2, 0) is 14.3 Å². The Labute approximate surface area is 110 Å². The highest BCUT2D eigenvalue weighted by Gasteiger charge is 2.40. The fourth-order valence-electron chi connectivity index (χ4n) is 2.00. The third-order valence-electron chi connectivity index (χ3n) is 3.43. The Hall–Kier alpha value is -1.03. The third-order valence-corrected chi connectivity index (χ3v) is 3.43. The zero-order valence-electron chi connectivity index (χ0n) is 12.2. The number of carbonyl (C=O) groups is 1. The van der Waals surface area contributed by atoms with Gasteiger partial charge in [-0.1, -0.05) is 27.4 Å². The smallest absolute Gasteiger partial charge is 0.311 e. The second-order valence-corrected chi connectivity index (χ2v) is 5.46. The minimum atomic E-state index is -0.597. The number of allylic oxidation sites excluding steroid dienone is 1. The molecule has 1 atom stereocenters. The monoisotopic (exact) mass is 258 g/mol. The number of aliphatic hydroxyl groups is 1. The maximum atomic E-state index is 12.0. The van der Waals surface area contributed by atoms with E-state index < -0.39 is 5.41 Å². The first-order valence-electron chi connectivity index (χ1n) is 6.25. The number of ether oxygens (including phenoxy) is 2. The molecule has 0 saturated heterocycles. The van der Waals surface area contributed by atoms with Crippen LogP contribution in [-0.4, -0.2) is 31.4 Å². The Bertz CT molecular complexity index is 296. The predicted octanol–water partition coefficient (Wildman–Crippen LogP) is 2.51. The Morgan fingerprint density at radius 1 is 1.33 bits per heavy atom. The van der Waals surface area contributed by atoms with Crippen LogP contribution in [0.3, 0.4) is 0 Å². The van der Waals surface area contributed by atoms with Crippen LogP contribution in [0.2, 0.25) is 0 Å². The van der Waals surface area contributed by atoms with E-state index in [4.69, 9.17) is 14.6 Å². The maximum absolute atomic E-state index is 12.0. The molecule has 0 amide bonds. The third kappa shape index (κ3) is 4.33. The van der Waals surface area contributed by atoms with Gasteiger partial charge in [0.05, 0.1) is 24.9 Å². The second-order valence-electron chi connectivity index (χ2n) is 5.46. The van der Waals surface area contributed by atoms with E-state index in [1.807, 2.05) is 27.7 Å². The van der Waals surface area contributed by atoms with Crippen molar-refractivity contribution in [1.82, 2.24) is 0 Å². The lowest BCUT2D eigenvalue weighted by atomic mass is 9.71. The van der Waals surface area contributed by atoms with E-state index in [-0.39, 0.29) is 24.6 Å². The minimum absolute atomic E-state index is 0.0417. The topological polar surface area (TPSA) is 55.8 Å². The predicted molar refractivity (Wildman–Crippen MR) is 71.0 cm³/mol. The molecule has 4 heteroatoms. The highest BCUT2D eigenvalue weighted by atomic mass is 16.5. The standard InChI is InChI=1S/C14H26O4/c1-7-14(5,12(16)18-9-8-15)10-13(3,4)11(2)17-6/h15H,2,7-10H2,1,3-6H3. The molecule has 0 aromatic heterocycles. The van der Waals surface area contributed by atoms with Gasteiger partial charge in [0.2, 0.25) is 0 Å². The van der Waals surface area contributed by atoms with Gasteiger partial charge in [-0.2, -0.15) is 0 Å². The Morgan fingerprint density at radius 3 is 2.28 bits per heavy atom. The minimum Gasteiger partial charge on any atom is -0.501 e. The van der Waals surface area contributed by atoms with Gasteiger partial charge in [0.1, 0.15) is 6.61 Å². The van der Waals surface area contributed by atoms with Crippen molar-refractivity contribution >= 4 is 5.97 Å². The first-order valence-corrected chi connectivity index (χ1v) is 6.25. The van der Waals surface area contributed by atoms with E-state index in [2.05, 4.69) is 6.58 Å². The quantitative estimate of drug-likeness (QED) is 0.537. The molecule has 0 aliphatic heterocycles. The summed E-state index contributed by atoms with van der Waals surface area (Å²) in [4.78, 5) is 12.0. The first-order chi connectivity index (χ1) is 8.23. The first kappa shape index (κ1) is 17.0. The summed E-state index contributed by atoms with van der Waals surface area (Å²) in [5.74, 6) is 0.369. The average molecular weight is 258 g/mol. The van der Waals surface area contributed by atoms with Crippen LogP contribution >= 0.6 is 0 Å². The molecule has 0 radical (unpaired) electrons. The van der Waals surface area contributed by atoms with Crippen molar-refractivity contribution in [2.75, 3.05) is 20.3 Å². The second kappa shape index (κ2) is 6.78. The number of methoxy groups -OCH3 is 1. The van der Waals surface area contributed by atoms with E-state index in [0.29, 0.717) is 18.6 Å². The van der Waals surface area contributed by atoms with Gasteiger partial charge in [-0.05, 0) is 19.8 Å². The Kier molecular flexibility index (Phi) is 6.39. The normalized spacial score (nSPS) is 14.8. The van der Waals surface area contributed by atoms with Gasteiger partial charge in [-0.15, -0.1) is 0 Å². The molecular formula is C14H26O4. The molecular weight excluding hydrogens is 232 g/mol. The van der Waals surface area contributed by atoms with Crippen molar-refractivity contribution in [2.45, 2.75) is 40.5 Å². The summed E-state index contributed by atoms with van der Waals surface area (Å²) < 4.78 is 10.2. The van der Waals surface area contributed by atoms with Crippen LogP contribution in [0.1, 0.15) is 40.5 Å². The number of aliphatic hydroxyl groups excluding tert-OH is 1. The Morgan fingerprint density at radius 2 is 1.89 bits per heavy atom. The molecule has 0 fully saturated rings. The molecule has 106 valence electrons. The number of hydrogen-bond donors (Lipinski definition) is 1. The van der Waals surface area contributed by atoms with E-state index in [1.54, 1.807) is 7.11 Å². The fraction of sp³-hybridized carbons (Fsp3) is 0.786. The van der Waals surface area contributed by atoms with Crippen molar-refractivity contribution in [3.63, 3.8) is 0 Å². The van der Waals surface area contributed by atoms with Gasteiger partial charge >= 0.3 is 5.97 Å². The summed E-state index contributed by atoms with van der Waals surface area (Å²) >= 11 is 0. The van der Waals surface area contributed by atoms with Crippen LogP contribution in [0.25, 0.3) is 0 Å². The van der Waals surface area contributed by atoms with Crippen molar-refractivity contribution < 1.29 is 19.4 Å². The lowest BCUT2D eigenvalue weighted by Gasteiger charge is -2.35. The van der Waals surface area contributed by atoms with Gasteiger partial charge in [0.15, 0.2) is 0 Å². The molecule has 0 heterocycles. The van der Waals surface area contributed by atoms with Crippen molar-refractivity contribution in [1.29, 1.82) is 0 Å². The fourth-order valence-corrected chi connectivity index (χ4v) is 2.00. The number of esters is 1. The van der Waals surface area contributed by atoms with E-state index in [9.17, 15) is 4.79 Å². The van der Waals surface area contributed by atoms with Crippen LogP contribution < -0.4 is 0 Å². The zero-order chi connectivity index (χ0) is 14.4. The van der Waals surface area contributed by atoms with Gasteiger partial charge in [0, 0.05) is 5.41 Å². The van der Waals surface area contributed by atoms with Gasteiger partial charge in [-0.25, -0.2) is 0 Å². The van der Waals surface area contributed by atoms with Gasteiger partial charge < -0.3 is 14.6 Å². The van der Waals surface area contributed by atoms with Crippen molar-refractivity contribution in [2.24, 2.45) is 10.8 Å². The van der Waals surface area contributed by atoms with Gasteiger partial charge in [-0.3, -0.25) is 4.79 Å². The molecule has 1 N–H and O–H groups in total. The summed E-state index contributed by atoms with van der Waals surface area (Å²) in [5, 5.41) is 8.70. The molecule has 1 unspecified atom stereocenters. The van der Waals surface area contributed by atoms with E-state index in [0.717, 1.165) is 0 Å². The molecule has 0 aliphatic carbocycles. The number of hydrogen-bond acceptors (Lipinski definition) is 4. The summed E-state index contributed by atoms with van der Waals surface area (Å²) in [6, 6.07) is 0. The van der Waals surface area contributed by atoms with Crippen molar-refractivity contribution in [3.05, 3.63) is 12.3 Å². The molecule has 0 saturated carbocycles. The summed E-state index contributed by atoms with van der Waals surface area (Å²) in [6.45, 7) is 11.6. The average Bonchev–Trinajstić information content (AvgIpc) is 2.33. The lowest BCUT2D eigenvalue weighted by molar-refractivity contribution is -0.158. The molecule has 0 bridgehead atoms. The summed E-state index contributed by atoms with van der Waals surface area (Å²) in [5.41, 5.74) is -0.905. The lowest BCUT2D eigenvalue weighted by Crippen LogP contribution is -2.35. The van der Waals surface area contributed by atoms with Crippen molar-refractivity contribution in [3.8, 4) is 0 Å². The molecule has 0 rings (SSSR count). The zero-order valence-corrected chi connectivity index (χ0v) is 12.2. The van der Waals surface area contributed by atoms with Crippen LogP contribution in [0.4, 0.5) is 0 Å². The van der Waals surface area contributed by atoms with E-state index in [1.165, 1.54) is 0 Å². The molecule has 0 spiro atoms.